The summed E-state index contributed by atoms with van der Waals surface area (Å²) in [6.07, 6.45) is 2.26. The molecule has 0 aromatic carbocycles. The Kier molecular flexibility index (Phi) is 6.46. The summed E-state index contributed by atoms with van der Waals surface area (Å²) in [5.74, 6) is 0.604. The Bertz CT molecular complexity index is 675. The van der Waals surface area contributed by atoms with Gasteiger partial charge >= 0.3 is 13.3 Å². The fraction of sp³-hybridized carbons (Fsp3) is 0.500. The third kappa shape index (κ3) is 5.36. The van der Waals surface area contributed by atoms with Crippen molar-refractivity contribution in [3.63, 3.8) is 0 Å². The first-order valence-electron chi connectivity index (χ1n) is 6.45. The van der Waals surface area contributed by atoms with Crippen molar-refractivity contribution >= 4 is 7.60 Å². The maximum atomic E-state index is 11.5. The maximum Gasteiger partial charge on any atom is 0.348 e. The smallest absolute Gasteiger partial charge is 0.348 e. The van der Waals surface area contributed by atoms with E-state index in [1.165, 1.54) is 10.8 Å². The molecule has 2 heterocycles. The first-order valence-corrected chi connectivity index (χ1v) is 8.13. The van der Waals surface area contributed by atoms with E-state index in [0.29, 0.717) is 24.2 Å². The number of aromatic nitrogens is 2. The first-order chi connectivity index (χ1) is 10.2. The Balaban J connectivity index is 0.000000346. The molecule has 1 fully saturated rings. The van der Waals surface area contributed by atoms with Gasteiger partial charge in [0.2, 0.25) is 0 Å². The highest BCUT2D eigenvalue weighted by molar-refractivity contribution is 7.55. The van der Waals surface area contributed by atoms with Crippen molar-refractivity contribution in [1.29, 1.82) is 0 Å². The molecule has 0 amide bonds. The first kappa shape index (κ1) is 18.5. The predicted octanol–water partition coefficient (Wildman–Crippen LogP) is -0.177. The lowest BCUT2D eigenvalue weighted by Crippen LogP contribution is -2.33. The zero-order valence-electron chi connectivity index (χ0n) is 12.0. The van der Waals surface area contributed by atoms with Crippen molar-refractivity contribution in [2.45, 2.75) is 32.1 Å². The molecule has 124 valence electrons. The van der Waals surface area contributed by atoms with Crippen molar-refractivity contribution in [3.8, 4) is 0 Å². The number of hydrogen-bond donors (Lipinski definition) is 4. The summed E-state index contributed by atoms with van der Waals surface area (Å²) in [5.41, 5.74) is -0.382. The summed E-state index contributed by atoms with van der Waals surface area (Å²) < 4.78 is 16.4. The van der Waals surface area contributed by atoms with Crippen LogP contribution in [0.15, 0.2) is 28.2 Å². The number of rotatable bonds is 3. The Labute approximate surface area is 126 Å². The molecule has 0 radical (unpaired) electrons. The molecule has 0 bridgehead atoms. The molecule has 1 aliphatic heterocycles. The zero-order chi connectivity index (χ0) is 16.9. The van der Waals surface area contributed by atoms with Crippen LogP contribution in [-0.2, 0) is 9.30 Å². The molecular weight excluding hydrogens is 315 g/mol. The van der Waals surface area contributed by atoms with E-state index in [1.807, 2.05) is 0 Å². The lowest BCUT2D eigenvalue weighted by Gasteiger charge is -2.14. The van der Waals surface area contributed by atoms with E-state index >= 15 is 0 Å². The van der Waals surface area contributed by atoms with Gasteiger partial charge in [-0.25, -0.2) is 4.79 Å². The predicted molar refractivity (Wildman–Crippen MR) is 78.5 cm³/mol. The van der Waals surface area contributed by atoms with E-state index in [9.17, 15) is 14.2 Å². The van der Waals surface area contributed by atoms with Gasteiger partial charge < -0.3 is 19.6 Å². The summed E-state index contributed by atoms with van der Waals surface area (Å²) >= 11 is 0. The Hall–Kier alpha value is -1.51. The number of hydrogen-bond acceptors (Lipinski definition) is 5. The summed E-state index contributed by atoms with van der Waals surface area (Å²) in [5, 5.41) is 8.93. The van der Waals surface area contributed by atoms with Crippen LogP contribution in [-0.4, -0.2) is 37.2 Å². The highest BCUT2D eigenvalue weighted by Gasteiger charge is 2.26. The van der Waals surface area contributed by atoms with Crippen LogP contribution < -0.4 is 11.2 Å². The molecule has 1 aliphatic rings. The number of H-pyrrole nitrogens is 1. The molecule has 2 atom stereocenters. The summed E-state index contributed by atoms with van der Waals surface area (Å²) in [4.78, 5) is 40.6. The molecule has 2 rings (SSSR count). The fourth-order valence-corrected chi connectivity index (χ4v) is 1.83. The minimum Gasteiger partial charge on any atom is -0.394 e. The van der Waals surface area contributed by atoms with Gasteiger partial charge in [-0.05, 0) is 19.8 Å². The van der Waals surface area contributed by atoms with E-state index in [1.54, 1.807) is 6.92 Å². The molecule has 10 heteroatoms. The van der Waals surface area contributed by atoms with E-state index in [4.69, 9.17) is 19.6 Å². The van der Waals surface area contributed by atoms with Crippen LogP contribution in [0.25, 0.3) is 0 Å². The molecule has 22 heavy (non-hydrogen) atoms. The van der Waals surface area contributed by atoms with Crippen LogP contribution in [0, 0.1) is 6.92 Å². The maximum absolute atomic E-state index is 11.5. The SMILES string of the molecule is C=CP(=O)(O)O.Cc1cn([C@H]2CC[C@@H](CO)O2)c(=O)[nH]c1=O. The van der Waals surface area contributed by atoms with Crippen LogP contribution in [0.1, 0.15) is 24.6 Å². The molecule has 0 unspecified atom stereocenters. The number of nitrogens with one attached hydrogen (secondary N) is 1. The molecule has 1 aromatic rings. The van der Waals surface area contributed by atoms with Crippen LogP contribution >= 0.6 is 7.60 Å². The summed E-state index contributed by atoms with van der Waals surface area (Å²) in [6, 6.07) is 0. The lowest BCUT2D eigenvalue weighted by atomic mass is 10.2. The van der Waals surface area contributed by atoms with Gasteiger partial charge in [-0.2, -0.15) is 0 Å². The van der Waals surface area contributed by atoms with Gasteiger partial charge in [0, 0.05) is 17.6 Å². The average Bonchev–Trinajstić information content (AvgIpc) is 2.91. The van der Waals surface area contributed by atoms with Crippen LogP contribution in [0.4, 0.5) is 0 Å². The van der Waals surface area contributed by atoms with Gasteiger partial charge in [-0.1, -0.05) is 6.58 Å². The van der Waals surface area contributed by atoms with Crippen molar-refractivity contribution in [2.75, 3.05) is 6.61 Å². The third-order valence-electron chi connectivity index (χ3n) is 2.98. The normalized spacial score (nSPS) is 21.1. The zero-order valence-corrected chi connectivity index (χ0v) is 12.9. The Morgan fingerprint density at radius 3 is 2.55 bits per heavy atom. The number of aliphatic hydroxyl groups is 1. The number of aliphatic hydroxyl groups excluding tert-OH is 1. The van der Waals surface area contributed by atoms with Crippen LogP contribution in [0.3, 0.4) is 0 Å². The summed E-state index contributed by atoms with van der Waals surface area (Å²) in [6.45, 7) is 4.45. The molecule has 4 N–H and O–H groups in total. The second-order valence-corrected chi connectivity index (χ2v) is 6.27. The molecular formula is C12H19N2O7P. The van der Waals surface area contributed by atoms with E-state index in [-0.39, 0.29) is 24.5 Å². The average molecular weight is 334 g/mol. The second-order valence-electron chi connectivity index (χ2n) is 4.72. The molecule has 1 aromatic heterocycles. The quantitative estimate of drug-likeness (QED) is 0.562. The molecule has 0 saturated carbocycles. The largest absolute Gasteiger partial charge is 0.394 e. The standard InChI is InChI=1S/C10H14N2O4.C2H5O3P/c1-6-4-12(10(15)11-9(6)14)8-3-2-7(5-13)16-8;1-2-6(3,4)5/h4,7-8,13H,2-3,5H2,1H3,(H,11,14,15);2H,1H2,(H2,3,4,5)/t7-,8+;/m0./s1. The lowest BCUT2D eigenvalue weighted by molar-refractivity contribution is -0.0247. The van der Waals surface area contributed by atoms with Gasteiger partial charge in [0.25, 0.3) is 5.56 Å². The molecule has 0 aliphatic carbocycles. The van der Waals surface area contributed by atoms with E-state index in [2.05, 4.69) is 11.6 Å². The van der Waals surface area contributed by atoms with Gasteiger partial charge in [-0.15, -0.1) is 0 Å². The molecule has 9 nitrogen and oxygen atoms in total. The summed E-state index contributed by atoms with van der Waals surface area (Å²) in [7, 11) is -3.88. The minimum atomic E-state index is -3.88. The third-order valence-corrected chi connectivity index (χ3v) is 3.46. The molecule has 0 spiro atoms. The highest BCUT2D eigenvalue weighted by atomic mass is 31.2. The number of ether oxygens (including phenoxy) is 1. The van der Waals surface area contributed by atoms with E-state index < -0.39 is 13.3 Å². The molecule has 1 saturated heterocycles. The van der Waals surface area contributed by atoms with Gasteiger partial charge in [-0.3, -0.25) is 18.9 Å². The van der Waals surface area contributed by atoms with Crippen molar-refractivity contribution in [3.05, 3.63) is 45.0 Å². The Morgan fingerprint density at radius 2 is 2.09 bits per heavy atom. The monoisotopic (exact) mass is 334 g/mol. The minimum absolute atomic E-state index is 0.0480. The topological polar surface area (TPSA) is 142 Å². The van der Waals surface area contributed by atoms with E-state index in [0.717, 1.165) is 0 Å². The highest BCUT2D eigenvalue weighted by Crippen LogP contribution is 2.34. The van der Waals surface area contributed by atoms with Crippen LogP contribution in [0.5, 0.6) is 0 Å². The fourth-order valence-electron chi connectivity index (χ4n) is 1.83. The van der Waals surface area contributed by atoms with Gasteiger partial charge in [0.1, 0.15) is 6.23 Å². The van der Waals surface area contributed by atoms with Crippen molar-refractivity contribution in [2.24, 2.45) is 0 Å². The van der Waals surface area contributed by atoms with Gasteiger partial charge in [0.05, 0.1) is 12.7 Å². The van der Waals surface area contributed by atoms with Crippen molar-refractivity contribution in [1.82, 2.24) is 9.55 Å². The van der Waals surface area contributed by atoms with Crippen molar-refractivity contribution < 1.29 is 24.2 Å². The second kappa shape index (κ2) is 7.66. The Morgan fingerprint density at radius 1 is 1.50 bits per heavy atom. The number of aryl methyl sites for hydroxylation is 1. The number of nitrogens with zero attached hydrogens (tertiary/aromatic N) is 1. The number of aromatic amines is 1. The van der Waals surface area contributed by atoms with Gasteiger partial charge in [0.15, 0.2) is 0 Å². The van der Waals surface area contributed by atoms with Crippen LogP contribution in [0.2, 0.25) is 0 Å².